The van der Waals surface area contributed by atoms with Crippen LogP contribution in [0.3, 0.4) is 0 Å². The number of amides is 4. The average molecular weight is 260 g/mol. The van der Waals surface area contributed by atoms with Gasteiger partial charge in [0.1, 0.15) is 6.04 Å². The van der Waals surface area contributed by atoms with Crippen molar-refractivity contribution in [1.29, 1.82) is 0 Å². The van der Waals surface area contributed by atoms with Gasteiger partial charge in [-0.15, -0.1) is 0 Å². The van der Waals surface area contributed by atoms with Crippen molar-refractivity contribution in [3.05, 3.63) is 35.4 Å². The Kier molecular flexibility index (Phi) is 1.99. The number of benzene rings is 1. The molecule has 6 heteroatoms. The fourth-order valence-electron chi connectivity index (χ4n) is 2.17. The molecule has 1 aromatic carbocycles. The molecule has 3 atom stereocenters. The van der Waals surface area contributed by atoms with Crippen LogP contribution in [0, 0.1) is 0 Å². The highest BCUT2D eigenvalue weighted by Gasteiger charge is 2.44. The zero-order chi connectivity index (χ0) is 15.3. The third kappa shape index (κ3) is 1.64. The normalized spacial score (nSPS) is 31.8. The molecule has 0 saturated carbocycles. The number of hydrogen-bond donors (Lipinski definition) is 1. The minimum Gasteiger partial charge on any atom is -0.295 e. The van der Waals surface area contributed by atoms with Gasteiger partial charge < -0.3 is 0 Å². The van der Waals surface area contributed by atoms with E-state index in [1.165, 1.54) is 12.1 Å². The Bertz CT molecular complexity index is 656. The first kappa shape index (κ1) is 9.43. The molecular weight excluding hydrogens is 248 g/mol. The van der Waals surface area contributed by atoms with E-state index < -0.39 is 42.5 Å². The van der Waals surface area contributed by atoms with Crippen molar-refractivity contribution in [2.75, 3.05) is 0 Å². The van der Waals surface area contributed by atoms with Crippen molar-refractivity contribution in [3.63, 3.8) is 0 Å². The molecule has 1 aromatic rings. The predicted octanol–water partition coefficient (Wildman–Crippen LogP) is 0.0878. The van der Waals surface area contributed by atoms with Gasteiger partial charge in [0, 0.05) is 9.14 Å². The zero-order valence-electron chi connectivity index (χ0n) is 11.6. The molecule has 6 nitrogen and oxygen atoms in total. The topological polar surface area (TPSA) is 83.6 Å². The second-order valence-corrected chi connectivity index (χ2v) is 4.18. The first-order valence-corrected chi connectivity index (χ1v) is 5.59. The molecule has 0 bridgehead atoms. The van der Waals surface area contributed by atoms with Crippen LogP contribution in [0.15, 0.2) is 24.3 Å². The number of piperidine rings is 1. The lowest BCUT2D eigenvalue weighted by atomic mass is 10.0. The fourth-order valence-corrected chi connectivity index (χ4v) is 2.17. The highest BCUT2D eigenvalue weighted by Crippen LogP contribution is 2.26. The number of nitrogens with zero attached hydrogens (tertiary/aromatic N) is 1. The maximum absolute atomic E-state index is 12.3. The molecule has 96 valence electrons. The van der Waals surface area contributed by atoms with E-state index >= 15 is 0 Å². The molecule has 0 aromatic heterocycles. The number of rotatable bonds is 1. The van der Waals surface area contributed by atoms with Crippen LogP contribution in [-0.4, -0.2) is 34.6 Å². The number of imide groups is 2. The molecule has 4 amide bonds. The average Bonchev–Trinajstić information content (AvgIpc) is 2.71. The lowest BCUT2D eigenvalue weighted by molar-refractivity contribution is -0.136. The molecule has 0 spiro atoms. The highest BCUT2D eigenvalue weighted by molar-refractivity contribution is 6.23. The summed E-state index contributed by atoms with van der Waals surface area (Å²) in [5.41, 5.74) is 0.307. The molecule has 3 unspecified atom stereocenters. The van der Waals surface area contributed by atoms with Gasteiger partial charge in [-0.1, -0.05) is 12.1 Å². The first-order valence-electron chi connectivity index (χ1n) is 6.75. The maximum atomic E-state index is 12.3. The van der Waals surface area contributed by atoms with E-state index in [9.17, 15) is 19.2 Å². The SMILES string of the molecule is [2H]C1C(=O)NC(=O)C(N2C(=O)c3ccccc3C2=O)C1[2H]. The van der Waals surface area contributed by atoms with Gasteiger partial charge in [-0.25, -0.2) is 0 Å². The third-order valence-electron chi connectivity index (χ3n) is 3.05. The fraction of sp³-hybridized carbons (Fsp3) is 0.231. The number of nitrogens with one attached hydrogen (secondary N) is 1. The van der Waals surface area contributed by atoms with Gasteiger partial charge >= 0.3 is 0 Å². The summed E-state index contributed by atoms with van der Waals surface area (Å²) in [5.74, 6) is -3.17. The number of fused-ring (bicyclic) bond motifs is 1. The van der Waals surface area contributed by atoms with E-state index in [4.69, 9.17) is 2.74 Å². The van der Waals surface area contributed by atoms with Gasteiger partial charge in [-0.2, -0.15) is 0 Å². The Morgan fingerprint density at radius 2 is 1.68 bits per heavy atom. The van der Waals surface area contributed by atoms with Gasteiger partial charge in [-0.3, -0.25) is 29.4 Å². The van der Waals surface area contributed by atoms with Crippen LogP contribution in [-0.2, 0) is 9.59 Å². The van der Waals surface area contributed by atoms with Gasteiger partial charge in [0.2, 0.25) is 11.8 Å². The van der Waals surface area contributed by atoms with Gasteiger partial charge in [0.05, 0.1) is 11.1 Å². The minimum absolute atomic E-state index is 0.154. The molecule has 19 heavy (non-hydrogen) atoms. The molecule has 0 aliphatic carbocycles. The van der Waals surface area contributed by atoms with E-state index in [1.807, 2.05) is 5.32 Å². The lowest BCUT2D eigenvalue weighted by Crippen LogP contribution is -2.54. The Morgan fingerprint density at radius 3 is 2.26 bits per heavy atom. The zero-order valence-corrected chi connectivity index (χ0v) is 9.62. The van der Waals surface area contributed by atoms with Crippen LogP contribution in [0.1, 0.15) is 36.3 Å². The minimum atomic E-state index is -1.53. The van der Waals surface area contributed by atoms with E-state index in [-0.39, 0.29) is 11.1 Å². The van der Waals surface area contributed by atoms with E-state index in [0.717, 1.165) is 0 Å². The van der Waals surface area contributed by atoms with Gasteiger partial charge in [0.15, 0.2) is 0 Å². The van der Waals surface area contributed by atoms with Crippen LogP contribution in [0.2, 0.25) is 0 Å². The number of carbonyl (C=O) groups excluding carboxylic acids is 4. The second-order valence-electron chi connectivity index (χ2n) is 4.18. The molecule has 2 aliphatic heterocycles. The quantitative estimate of drug-likeness (QED) is 0.725. The van der Waals surface area contributed by atoms with E-state index in [1.54, 1.807) is 12.1 Å². The Morgan fingerprint density at radius 1 is 1.11 bits per heavy atom. The Hall–Kier alpha value is -2.50. The van der Waals surface area contributed by atoms with E-state index in [0.29, 0.717) is 4.90 Å². The molecule has 0 radical (unpaired) electrons. The summed E-state index contributed by atoms with van der Waals surface area (Å²) in [6, 6.07) is 4.61. The lowest BCUT2D eigenvalue weighted by Gasteiger charge is -2.27. The molecule has 2 aliphatic rings. The summed E-state index contributed by atoms with van der Waals surface area (Å²) < 4.78 is 15.4. The Balaban J connectivity index is 2.02. The van der Waals surface area contributed by atoms with Crippen molar-refractivity contribution < 1.29 is 21.9 Å². The largest absolute Gasteiger partial charge is 0.295 e. The van der Waals surface area contributed by atoms with Crippen LogP contribution in [0.4, 0.5) is 0 Å². The van der Waals surface area contributed by atoms with Gasteiger partial charge in [0.25, 0.3) is 11.8 Å². The Labute approximate surface area is 111 Å². The van der Waals surface area contributed by atoms with Gasteiger partial charge in [-0.05, 0) is 18.5 Å². The monoisotopic (exact) mass is 260 g/mol. The molecule has 3 rings (SSSR count). The number of carbonyl (C=O) groups is 4. The molecule has 1 N–H and O–H groups in total. The summed E-state index contributed by atoms with van der Waals surface area (Å²) >= 11 is 0. The molecular formula is C13H10N2O4. The molecule has 2 heterocycles. The summed E-state index contributed by atoms with van der Waals surface area (Å²) in [6.45, 7) is 0. The summed E-state index contributed by atoms with van der Waals surface area (Å²) in [5, 5.41) is 1.92. The second kappa shape index (κ2) is 4.01. The van der Waals surface area contributed by atoms with Crippen molar-refractivity contribution in [2.24, 2.45) is 0 Å². The summed E-state index contributed by atoms with van der Waals surface area (Å²) in [4.78, 5) is 48.5. The van der Waals surface area contributed by atoms with Crippen molar-refractivity contribution in [1.82, 2.24) is 10.2 Å². The predicted molar refractivity (Wildman–Crippen MR) is 63.1 cm³/mol. The van der Waals surface area contributed by atoms with Crippen LogP contribution in [0.5, 0.6) is 0 Å². The standard InChI is InChI=1S/C13H10N2O4/c16-10-6-5-9(11(17)14-10)15-12(18)7-3-1-2-4-8(7)13(15)19/h1-4,9H,5-6H2,(H,14,16,17)/i5D,6D. The maximum Gasteiger partial charge on any atom is 0.262 e. The van der Waals surface area contributed by atoms with Crippen LogP contribution >= 0.6 is 0 Å². The van der Waals surface area contributed by atoms with Crippen molar-refractivity contribution in [2.45, 2.75) is 18.8 Å². The number of hydrogen-bond acceptors (Lipinski definition) is 4. The van der Waals surface area contributed by atoms with Crippen LogP contribution in [0.25, 0.3) is 0 Å². The summed E-state index contributed by atoms with van der Waals surface area (Å²) in [6.07, 6.45) is -3.04. The molecule has 1 saturated heterocycles. The van der Waals surface area contributed by atoms with E-state index in [2.05, 4.69) is 0 Å². The first-order chi connectivity index (χ1) is 9.93. The highest BCUT2D eigenvalue weighted by atomic mass is 16.2. The third-order valence-corrected chi connectivity index (χ3v) is 3.05. The smallest absolute Gasteiger partial charge is 0.262 e. The van der Waals surface area contributed by atoms with Crippen molar-refractivity contribution in [3.8, 4) is 0 Å². The van der Waals surface area contributed by atoms with Crippen molar-refractivity contribution >= 4 is 23.6 Å². The molecule has 1 fully saturated rings. The summed E-state index contributed by atoms with van der Waals surface area (Å²) in [7, 11) is 0. The van der Waals surface area contributed by atoms with Crippen LogP contribution < -0.4 is 5.32 Å².